The maximum absolute atomic E-state index is 9.11. The molecule has 1 heterocycles. The molecule has 4 nitrogen and oxygen atoms in total. The fraction of sp³-hybridized carbons (Fsp3) is 0.786. The van der Waals surface area contributed by atoms with Gasteiger partial charge in [0, 0.05) is 42.9 Å². The number of anilines is 1. The minimum Gasteiger partial charge on any atom is -0.396 e. The lowest BCUT2D eigenvalue weighted by molar-refractivity contribution is 0.215. The van der Waals surface area contributed by atoms with Crippen LogP contribution >= 0.6 is 11.3 Å². The molecule has 1 aromatic heterocycles. The van der Waals surface area contributed by atoms with Crippen LogP contribution in [0.25, 0.3) is 0 Å². The molecule has 1 unspecified atom stereocenters. The molecule has 110 valence electrons. The van der Waals surface area contributed by atoms with Crippen molar-refractivity contribution in [3.8, 4) is 0 Å². The van der Waals surface area contributed by atoms with Crippen molar-refractivity contribution in [3.63, 3.8) is 0 Å². The molecule has 0 aliphatic heterocycles. The third-order valence-electron chi connectivity index (χ3n) is 3.71. The second kappa shape index (κ2) is 7.82. The molecule has 0 saturated heterocycles. The Kier molecular flexibility index (Phi) is 6.75. The van der Waals surface area contributed by atoms with E-state index in [1.165, 1.54) is 4.88 Å². The van der Waals surface area contributed by atoms with E-state index in [1.54, 1.807) is 11.3 Å². The van der Waals surface area contributed by atoms with Gasteiger partial charge in [-0.2, -0.15) is 0 Å². The summed E-state index contributed by atoms with van der Waals surface area (Å²) in [5, 5.41) is 13.8. The average molecular weight is 285 g/mol. The van der Waals surface area contributed by atoms with Crippen molar-refractivity contribution < 1.29 is 5.11 Å². The van der Waals surface area contributed by atoms with Gasteiger partial charge in [-0.3, -0.25) is 0 Å². The number of aliphatic hydroxyl groups excluding tert-OH is 1. The summed E-state index contributed by atoms with van der Waals surface area (Å²) in [5.41, 5.74) is 0.00804. The quantitative estimate of drug-likeness (QED) is 0.732. The van der Waals surface area contributed by atoms with Crippen LogP contribution in [0, 0.1) is 0 Å². The number of hydrogen-bond acceptors (Lipinski definition) is 5. The number of rotatable bonds is 9. The summed E-state index contributed by atoms with van der Waals surface area (Å²) in [7, 11) is 0. The fourth-order valence-electron chi connectivity index (χ4n) is 1.96. The van der Waals surface area contributed by atoms with Crippen LogP contribution in [-0.4, -0.2) is 35.3 Å². The molecule has 2 N–H and O–H groups in total. The standard InChI is InChI=1S/C14H27N3OS/c1-5-14(4,8-9-18)16-11-12-10-15-13(19-12)17(6-2)7-3/h10,16,18H,5-9,11H2,1-4H3. The Balaban J connectivity index is 2.58. The third kappa shape index (κ3) is 4.75. The number of nitrogens with zero attached hydrogens (tertiary/aromatic N) is 2. The van der Waals surface area contributed by atoms with Crippen molar-refractivity contribution >= 4 is 16.5 Å². The van der Waals surface area contributed by atoms with Crippen LogP contribution in [0.15, 0.2) is 6.20 Å². The summed E-state index contributed by atoms with van der Waals surface area (Å²) in [6.45, 7) is 11.7. The zero-order valence-corrected chi connectivity index (χ0v) is 13.4. The molecule has 19 heavy (non-hydrogen) atoms. The second-order valence-corrected chi connectivity index (χ2v) is 6.12. The van der Waals surface area contributed by atoms with Gasteiger partial charge in [0.1, 0.15) is 0 Å². The normalized spacial score (nSPS) is 14.4. The molecule has 0 fully saturated rings. The first-order chi connectivity index (χ1) is 9.08. The van der Waals surface area contributed by atoms with E-state index in [0.717, 1.165) is 37.6 Å². The van der Waals surface area contributed by atoms with Gasteiger partial charge in [0.2, 0.25) is 0 Å². The van der Waals surface area contributed by atoms with E-state index in [2.05, 4.69) is 42.9 Å². The summed E-state index contributed by atoms with van der Waals surface area (Å²) >= 11 is 1.75. The van der Waals surface area contributed by atoms with Crippen molar-refractivity contribution in [2.75, 3.05) is 24.6 Å². The first-order valence-electron chi connectivity index (χ1n) is 7.14. The molecular formula is C14H27N3OS. The zero-order chi connectivity index (χ0) is 14.3. The van der Waals surface area contributed by atoms with Crippen LogP contribution in [0.2, 0.25) is 0 Å². The summed E-state index contributed by atoms with van der Waals surface area (Å²) in [4.78, 5) is 8.00. The Labute approximate surface area is 120 Å². The molecule has 0 amide bonds. The Morgan fingerprint density at radius 3 is 2.58 bits per heavy atom. The summed E-state index contributed by atoms with van der Waals surface area (Å²) in [6, 6.07) is 0. The topological polar surface area (TPSA) is 48.4 Å². The number of aromatic nitrogens is 1. The Bertz CT molecular complexity index is 365. The summed E-state index contributed by atoms with van der Waals surface area (Å²) in [6.07, 6.45) is 3.75. The first kappa shape index (κ1) is 16.4. The van der Waals surface area contributed by atoms with Gasteiger partial charge in [-0.15, -0.1) is 11.3 Å². The second-order valence-electron chi connectivity index (χ2n) is 5.02. The molecule has 1 rings (SSSR count). The highest BCUT2D eigenvalue weighted by Gasteiger charge is 2.20. The highest BCUT2D eigenvalue weighted by Crippen LogP contribution is 2.23. The predicted octanol–water partition coefficient (Wildman–Crippen LogP) is 2.63. The lowest BCUT2D eigenvalue weighted by atomic mass is 9.95. The molecule has 0 spiro atoms. The minimum atomic E-state index is 0.00804. The molecule has 0 aliphatic carbocycles. The van der Waals surface area contributed by atoms with Crippen molar-refractivity contribution in [3.05, 3.63) is 11.1 Å². The first-order valence-corrected chi connectivity index (χ1v) is 7.95. The lowest BCUT2D eigenvalue weighted by Gasteiger charge is -2.28. The van der Waals surface area contributed by atoms with Crippen molar-refractivity contribution in [1.82, 2.24) is 10.3 Å². The predicted molar refractivity (Wildman–Crippen MR) is 82.9 cm³/mol. The summed E-state index contributed by atoms with van der Waals surface area (Å²) < 4.78 is 0. The van der Waals surface area contributed by atoms with E-state index in [9.17, 15) is 0 Å². The molecule has 0 radical (unpaired) electrons. The molecule has 1 atom stereocenters. The van der Waals surface area contributed by atoms with Crippen LogP contribution in [0.5, 0.6) is 0 Å². The van der Waals surface area contributed by atoms with Crippen molar-refractivity contribution in [2.24, 2.45) is 0 Å². The molecule has 0 bridgehead atoms. The van der Waals surface area contributed by atoms with Gasteiger partial charge in [-0.1, -0.05) is 6.92 Å². The molecule has 0 aliphatic rings. The van der Waals surface area contributed by atoms with E-state index in [-0.39, 0.29) is 12.1 Å². The van der Waals surface area contributed by atoms with Crippen LogP contribution in [0.3, 0.4) is 0 Å². The number of thiazole rings is 1. The molecule has 0 aromatic carbocycles. The monoisotopic (exact) mass is 285 g/mol. The van der Waals surface area contributed by atoms with E-state index in [1.807, 2.05) is 6.20 Å². The Morgan fingerprint density at radius 1 is 1.37 bits per heavy atom. The average Bonchev–Trinajstić information content (AvgIpc) is 2.87. The highest BCUT2D eigenvalue weighted by atomic mass is 32.1. The smallest absolute Gasteiger partial charge is 0.185 e. The van der Waals surface area contributed by atoms with Gasteiger partial charge in [0.05, 0.1) is 0 Å². The van der Waals surface area contributed by atoms with Crippen molar-refractivity contribution in [2.45, 2.75) is 52.6 Å². The van der Waals surface area contributed by atoms with Crippen LogP contribution in [0.4, 0.5) is 5.13 Å². The van der Waals surface area contributed by atoms with E-state index >= 15 is 0 Å². The van der Waals surface area contributed by atoms with Crippen LogP contribution in [-0.2, 0) is 6.54 Å². The molecule has 5 heteroatoms. The number of hydrogen-bond donors (Lipinski definition) is 2. The van der Waals surface area contributed by atoms with Gasteiger partial charge in [-0.25, -0.2) is 4.98 Å². The molecular weight excluding hydrogens is 258 g/mol. The van der Waals surface area contributed by atoms with Gasteiger partial charge in [0.25, 0.3) is 0 Å². The number of nitrogens with one attached hydrogen (secondary N) is 1. The van der Waals surface area contributed by atoms with Crippen LogP contribution in [0.1, 0.15) is 45.4 Å². The zero-order valence-electron chi connectivity index (χ0n) is 12.6. The minimum absolute atomic E-state index is 0.00804. The van der Waals surface area contributed by atoms with Gasteiger partial charge < -0.3 is 15.3 Å². The largest absolute Gasteiger partial charge is 0.396 e. The van der Waals surface area contributed by atoms with Gasteiger partial charge in [0.15, 0.2) is 5.13 Å². The van der Waals surface area contributed by atoms with Gasteiger partial charge >= 0.3 is 0 Å². The summed E-state index contributed by atoms with van der Waals surface area (Å²) in [5.74, 6) is 0. The van der Waals surface area contributed by atoms with Crippen LogP contribution < -0.4 is 10.2 Å². The third-order valence-corrected chi connectivity index (χ3v) is 4.77. The SMILES string of the molecule is CCN(CC)c1ncc(CNC(C)(CC)CCO)s1. The van der Waals surface area contributed by atoms with Gasteiger partial charge in [-0.05, 0) is 33.6 Å². The Hall–Kier alpha value is -0.650. The maximum atomic E-state index is 9.11. The highest BCUT2D eigenvalue weighted by molar-refractivity contribution is 7.15. The van der Waals surface area contributed by atoms with E-state index in [0.29, 0.717) is 0 Å². The molecule has 0 saturated carbocycles. The number of aliphatic hydroxyl groups is 1. The van der Waals surface area contributed by atoms with Crippen molar-refractivity contribution in [1.29, 1.82) is 0 Å². The lowest BCUT2D eigenvalue weighted by Crippen LogP contribution is -2.41. The molecule has 1 aromatic rings. The van der Waals surface area contributed by atoms with E-state index in [4.69, 9.17) is 5.11 Å². The van der Waals surface area contributed by atoms with E-state index < -0.39 is 0 Å². The Morgan fingerprint density at radius 2 is 2.05 bits per heavy atom. The fourth-order valence-corrected chi connectivity index (χ4v) is 2.93. The maximum Gasteiger partial charge on any atom is 0.185 e.